The summed E-state index contributed by atoms with van der Waals surface area (Å²) in [6.07, 6.45) is 0.748. The highest BCUT2D eigenvalue weighted by Gasteiger charge is 2.23. The Bertz CT molecular complexity index is 427. The van der Waals surface area contributed by atoms with Crippen LogP contribution in [-0.2, 0) is 6.54 Å². The molecule has 0 fully saturated rings. The minimum Gasteiger partial charge on any atom is -0.493 e. The Morgan fingerprint density at radius 3 is 2.48 bits per heavy atom. The van der Waals surface area contributed by atoms with Crippen molar-refractivity contribution in [1.29, 1.82) is 0 Å². The Morgan fingerprint density at radius 2 is 1.95 bits per heavy atom. The maximum Gasteiger partial charge on any atom is 0.161 e. The molecule has 0 aliphatic carbocycles. The third kappa shape index (κ3) is 5.56. The predicted octanol–water partition coefficient (Wildman–Crippen LogP) is 2.98. The van der Waals surface area contributed by atoms with Crippen molar-refractivity contribution < 1.29 is 14.6 Å². The van der Waals surface area contributed by atoms with E-state index < -0.39 is 0 Å². The molecule has 2 N–H and O–H groups in total. The number of ether oxygens (including phenoxy) is 2. The van der Waals surface area contributed by atoms with E-state index in [9.17, 15) is 5.11 Å². The fraction of sp³-hybridized carbons (Fsp3) is 0.647. The van der Waals surface area contributed by atoms with Crippen LogP contribution < -0.4 is 14.8 Å². The summed E-state index contributed by atoms with van der Waals surface area (Å²) in [5, 5.41) is 12.7. The zero-order chi connectivity index (χ0) is 15.9. The van der Waals surface area contributed by atoms with Gasteiger partial charge in [-0.1, -0.05) is 26.8 Å². The number of benzene rings is 1. The highest BCUT2D eigenvalue weighted by Crippen LogP contribution is 2.28. The van der Waals surface area contributed by atoms with Crippen molar-refractivity contribution in [2.75, 3.05) is 20.3 Å². The molecule has 0 bridgehead atoms. The van der Waals surface area contributed by atoms with Gasteiger partial charge in [-0.25, -0.2) is 0 Å². The first-order valence-electron chi connectivity index (χ1n) is 7.56. The Morgan fingerprint density at radius 1 is 1.24 bits per heavy atom. The number of aliphatic hydroxyl groups is 1. The lowest BCUT2D eigenvalue weighted by Gasteiger charge is -2.31. The lowest BCUT2D eigenvalue weighted by Crippen LogP contribution is -2.40. The van der Waals surface area contributed by atoms with E-state index in [-0.39, 0.29) is 18.1 Å². The molecule has 4 nitrogen and oxygen atoms in total. The Kier molecular flexibility index (Phi) is 6.99. The molecule has 1 atom stereocenters. The lowest BCUT2D eigenvalue weighted by molar-refractivity contribution is 0.196. The molecule has 1 unspecified atom stereocenters. The van der Waals surface area contributed by atoms with Crippen molar-refractivity contribution in [2.45, 2.75) is 46.7 Å². The molecule has 1 aromatic rings. The summed E-state index contributed by atoms with van der Waals surface area (Å²) in [6, 6.07) is 6.24. The molecule has 0 heterocycles. The molecule has 120 valence electrons. The van der Waals surface area contributed by atoms with Gasteiger partial charge in [0, 0.05) is 19.2 Å². The van der Waals surface area contributed by atoms with E-state index in [4.69, 9.17) is 9.47 Å². The maximum absolute atomic E-state index is 9.20. The van der Waals surface area contributed by atoms with Gasteiger partial charge in [-0.3, -0.25) is 0 Å². The zero-order valence-electron chi connectivity index (χ0n) is 13.9. The zero-order valence-corrected chi connectivity index (χ0v) is 13.9. The molecule has 0 aliphatic heterocycles. The molecule has 0 saturated carbocycles. The molecule has 0 aliphatic rings. The molecular weight excluding hydrogens is 266 g/mol. The second-order valence-electron chi connectivity index (χ2n) is 6.23. The first kappa shape index (κ1) is 17.8. The molecule has 4 heteroatoms. The van der Waals surface area contributed by atoms with Gasteiger partial charge < -0.3 is 19.9 Å². The van der Waals surface area contributed by atoms with Gasteiger partial charge in [-0.05, 0) is 36.5 Å². The highest BCUT2D eigenvalue weighted by molar-refractivity contribution is 5.42. The largest absolute Gasteiger partial charge is 0.493 e. The second kappa shape index (κ2) is 8.25. The van der Waals surface area contributed by atoms with E-state index in [0.29, 0.717) is 6.61 Å². The fourth-order valence-electron chi connectivity index (χ4n) is 2.31. The average Bonchev–Trinajstić information content (AvgIpc) is 2.43. The summed E-state index contributed by atoms with van der Waals surface area (Å²) >= 11 is 0. The molecular formula is C17H29NO3. The molecule has 1 rings (SSSR count). The molecule has 0 radical (unpaired) electrons. The van der Waals surface area contributed by atoms with Crippen LogP contribution in [0.2, 0.25) is 0 Å². The van der Waals surface area contributed by atoms with Crippen molar-refractivity contribution in [1.82, 2.24) is 5.32 Å². The number of nitrogens with one attached hydrogen (secondary N) is 1. The first-order chi connectivity index (χ1) is 9.92. The van der Waals surface area contributed by atoms with Gasteiger partial charge in [0.15, 0.2) is 11.5 Å². The topological polar surface area (TPSA) is 50.7 Å². The average molecular weight is 295 g/mol. The summed E-state index contributed by atoms with van der Waals surface area (Å²) in [6.45, 7) is 10.1. The molecule has 0 aromatic heterocycles. The highest BCUT2D eigenvalue weighted by atomic mass is 16.5. The van der Waals surface area contributed by atoms with Gasteiger partial charge in [-0.15, -0.1) is 0 Å². The Labute approximate surface area is 128 Å². The van der Waals surface area contributed by atoms with Crippen LogP contribution in [0, 0.1) is 5.41 Å². The van der Waals surface area contributed by atoms with Gasteiger partial charge in [0.1, 0.15) is 0 Å². The number of aliphatic hydroxyl groups excluding tert-OH is 1. The monoisotopic (exact) mass is 295 g/mol. The van der Waals surface area contributed by atoms with Gasteiger partial charge in [-0.2, -0.15) is 0 Å². The summed E-state index contributed by atoms with van der Waals surface area (Å²) < 4.78 is 10.9. The Hall–Kier alpha value is -1.26. The van der Waals surface area contributed by atoms with Crippen molar-refractivity contribution in [3.8, 4) is 11.5 Å². The number of hydrogen-bond donors (Lipinski definition) is 2. The molecule has 0 saturated heterocycles. The van der Waals surface area contributed by atoms with Crippen molar-refractivity contribution in [2.24, 2.45) is 5.41 Å². The quantitative estimate of drug-likeness (QED) is 0.774. The smallest absolute Gasteiger partial charge is 0.161 e. The van der Waals surface area contributed by atoms with Crippen LogP contribution in [0.4, 0.5) is 0 Å². The van der Waals surface area contributed by atoms with Crippen LogP contribution in [0.5, 0.6) is 11.5 Å². The number of methoxy groups -OCH3 is 1. The van der Waals surface area contributed by atoms with Crippen LogP contribution in [0.3, 0.4) is 0 Å². The summed E-state index contributed by atoms with van der Waals surface area (Å²) in [5.74, 6) is 1.53. The van der Waals surface area contributed by atoms with Crippen molar-refractivity contribution in [3.63, 3.8) is 0 Å². The third-order valence-corrected chi connectivity index (χ3v) is 3.54. The van der Waals surface area contributed by atoms with E-state index in [0.717, 1.165) is 30.0 Å². The summed E-state index contributed by atoms with van der Waals surface area (Å²) in [4.78, 5) is 0. The normalized spacial score (nSPS) is 13.0. The van der Waals surface area contributed by atoms with Crippen LogP contribution in [-0.4, -0.2) is 31.5 Å². The minimum atomic E-state index is 0.109. The standard InChI is InChI=1S/C17H29NO3/c1-6-21-14-8-7-13(11-15(14)20-5)12-18-16(9-10-19)17(2,3)4/h7-8,11,16,18-19H,6,9-10,12H2,1-5H3. The first-order valence-corrected chi connectivity index (χ1v) is 7.56. The van der Waals surface area contributed by atoms with E-state index >= 15 is 0 Å². The Balaban J connectivity index is 2.74. The van der Waals surface area contributed by atoms with E-state index in [2.05, 4.69) is 26.1 Å². The molecule has 21 heavy (non-hydrogen) atoms. The fourth-order valence-corrected chi connectivity index (χ4v) is 2.31. The van der Waals surface area contributed by atoms with E-state index in [1.165, 1.54) is 0 Å². The lowest BCUT2D eigenvalue weighted by atomic mass is 9.85. The second-order valence-corrected chi connectivity index (χ2v) is 6.23. The van der Waals surface area contributed by atoms with E-state index in [1.54, 1.807) is 7.11 Å². The predicted molar refractivity (Wildman–Crippen MR) is 85.9 cm³/mol. The van der Waals surface area contributed by atoms with Crippen LogP contribution in [0.1, 0.15) is 39.7 Å². The van der Waals surface area contributed by atoms with Crippen LogP contribution >= 0.6 is 0 Å². The van der Waals surface area contributed by atoms with E-state index in [1.807, 2.05) is 25.1 Å². The van der Waals surface area contributed by atoms with Gasteiger partial charge in [0.2, 0.25) is 0 Å². The van der Waals surface area contributed by atoms with Crippen molar-refractivity contribution >= 4 is 0 Å². The van der Waals surface area contributed by atoms with Gasteiger partial charge in [0.25, 0.3) is 0 Å². The summed E-state index contributed by atoms with van der Waals surface area (Å²) in [7, 11) is 1.65. The molecule has 0 spiro atoms. The van der Waals surface area contributed by atoms with Crippen LogP contribution in [0.15, 0.2) is 18.2 Å². The number of hydrogen-bond acceptors (Lipinski definition) is 4. The maximum atomic E-state index is 9.20. The third-order valence-electron chi connectivity index (χ3n) is 3.54. The molecule has 0 amide bonds. The molecule has 1 aromatic carbocycles. The summed E-state index contributed by atoms with van der Waals surface area (Å²) in [5.41, 5.74) is 1.25. The van der Waals surface area contributed by atoms with Gasteiger partial charge in [0.05, 0.1) is 13.7 Å². The van der Waals surface area contributed by atoms with Gasteiger partial charge >= 0.3 is 0 Å². The number of rotatable bonds is 8. The van der Waals surface area contributed by atoms with Crippen LogP contribution in [0.25, 0.3) is 0 Å². The van der Waals surface area contributed by atoms with Crippen molar-refractivity contribution in [3.05, 3.63) is 23.8 Å². The SMILES string of the molecule is CCOc1ccc(CNC(CCO)C(C)(C)C)cc1OC. The minimum absolute atomic E-state index is 0.109.